The van der Waals surface area contributed by atoms with Crippen LogP contribution >= 0.6 is 0 Å². The summed E-state index contributed by atoms with van der Waals surface area (Å²) >= 11 is 0. The van der Waals surface area contributed by atoms with Gasteiger partial charge in [-0.25, -0.2) is 4.39 Å². The third-order valence-electron chi connectivity index (χ3n) is 6.02. The molecule has 2 aromatic rings. The van der Waals surface area contributed by atoms with Crippen LogP contribution in [0.2, 0.25) is 0 Å². The average molecular weight is 398 g/mol. The number of aliphatic hydroxyl groups excluding tert-OH is 1. The van der Waals surface area contributed by atoms with Gasteiger partial charge in [-0.2, -0.15) is 0 Å². The molecule has 1 fully saturated rings. The standard InChI is InChI=1S/C23H27FN2O3/c24-23(10-9-20(27)22-19(23)6-3-11-25-22)21(28)8-7-17-4-1-2-5-18(17)16-26-12-14-29-15-13-26/h1-6,11,20,27H,7-10,12-16H2/t20-,23-/m0/s1. The number of hydrogen-bond donors (Lipinski definition) is 1. The van der Waals surface area contributed by atoms with E-state index in [2.05, 4.69) is 16.0 Å². The van der Waals surface area contributed by atoms with E-state index in [4.69, 9.17) is 4.74 Å². The molecule has 2 aliphatic rings. The van der Waals surface area contributed by atoms with Crippen LogP contribution < -0.4 is 0 Å². The van der Waals surface area contributed by atoms with E-state index in [0.717, 1.165) is 38.4 Å². The average Bonchev–Trinajstić information content (AvgIpc) is 2.76. The lowest BCUT2D eigenvalue weighted by molar-refractivity contribution is -0.133. The second-order valence-corrected chi connectivity index (χ2v) is 7.87. The number of halogens is 1. The number of nitrogens with zero attached hydrogens (tertiary/aromatic N) is 2. The fourth-order valence-corrected chi connectivity index (χ4v) is 4.32. The number of rotatable bonds is 6. The molecule has 154 valence electrons. The molecule has 0 saturated carbocycles. The van der Waals surface area contributed by atoms with E-state index < -0.39 is 17.6 Å². The normalized spacial score (nSPS) is 24.8. The molecule has 0 radical (unpaired) electrons. The van der Waals surface area contributed by atoms with Gasteiger partial charge in [-0.15, -0.1) is 0 Å². The summed E-state index contributed by atoms with van der Waals surface area (Å²) in [5, 5.41) is 10.1. The van der Waals surface area contributed by atoms with E-state index in [9.17, 15) is 9.90 Å². The smallest absolute Gasteiger partial charge is 0.195 e. The molecule has 1 aromatic heterocycles. The van der Waals surface area contributed by atoms with Crippen molar-refractivity contribution in [3.05, 3.63) is 65.0 Å². The highest BCUT2D eigenvalue weighted by molar-refractivity contribution is 5.89. The summed E-state index contributed by atoms with van der Waals surface area (Å²) in [4.78, 5) is 19.4. The number of alkyl halides is 1. The van der Waals surface area contributed by atoms with Gasteiger partial charge in [0.2, 0.25) is 0 Å². The zero-order chi connectivity index (χ0) is 20.3. The number of carbonyl (C=O) groups is 1. The van der Waals surface area contributed by atoms with E-state index in [0.29, 0.717) is 12.1 Å². The van der Waals surface area contributed by atoms with E-state index in [1.807, 2.05) is 18.2 Å². The van der Waals surface area contributed by atoms with Gasteiger partial charge in [0.05, 0.1) is 25.0 Å². The van der Waals surface area contributed by atoms with E-state index in [-0.39, 0.29) is 24.8 Å². The lowest BCUT2D eigenvalue weighted by Gasteiger charge is -2.32. The zero-order valence-electron chi connectivity index (χ0n) is 16.5. The van der Waals surface area contributed by atoms with Crippen molar-refractivity contribution in [2.45, 2.75) is 44.0 Å². The number of benzene rings is 1. The van der Waals surface area contributed by atoms with Crippen LogP contribution in [0.25, 0.3) is 0 Å². The Hall–Kier alpha value is -2.15. The number of ether oxygens (including phenoxy) is 1. The molecule has 0 spiro atoms. The molecule has 0 unspecified atom stereocenters. The Morgan fingerprint density at radius 1 is 1.21 bits per heavy atom. The van der Waals surface area contributed by atoms with Crippen molar-refractivity contribution in [1.82, 2.24) is 9.88 Å². The summed E-state index contributed by atoms with van der Waals surface area (Å²) < 4.78 is 21.2. The van der Waals surface area contributed by atoms with Crippen LogP contribution in [-0.4, -0.2) is 47.1 Å². The molecule has 1 N–H and O–H groups in total. The van der Waals surface area contributed by atoms with Crippen molar-refractivity contribution >= 4 is 5.78 Å². The SMILES string of the molecule is O=C(CCc1ccccc1CN1CCOCC1)[C@]1(F)CC[C@H](O)c2ncccc21. The van der Waals surface area contributed by atoms with Crippen LogP contribution in [-0.2, 0) is 28.2 Å². The maximum atomic E-state index is 15.8. The zero-order valence-corrected chi connectivity index (χ0v) is 16.5. The number of pyridine rings is 1. The molecule has 6 heteroatoms. The van der Waals surface area contributed by atoms with Gasteiger partial charge in [-0.1, -0.05) is 30.3 Å². The van der Waals surface area contributed by atoms with Crippen molar-refractivity contribution in [1.29, 1.82) is 0 Å². The highest BCUT2D eigenvalue weighted by atomic mass is 19.1. The van der Waals surface area contributed by atoms with Crippen molar-refractivity contribution in [3.8, 4) is 0 Å². The summed E-state index contributed by atoms with van der Waals surface area (Å²) in [5.74, 6) is -0.431. The van der Waals surface area contributed by atoms with Gasteiger partial charge in [0.1, 0.15) is 0 Å². The van der Waals surface area contributed by atoms with Gasteiger partial charge < -0.3 is 9.84 Å². The van der Waals surface area contributed by atoms with Crippen LogP contribution in [0.15, 0.2) is 42.6 Å². The number of aliphatic hydroxyl groups is 1. The third-order valence-corrected chi connectivity index (χ3v) is 6.02. The van der Waals surface area contributed by atoms with Crippen LogP contribution in [0.4, 0.5) is 4.39 Å². The van der Waals surface area contributed by atoms with Gasteiger partial charge in [0.25, 0.3) is 0 Å². The number of hydrogen-bond acceptors (Lipinski definition) is 5. The summed E-state index contributed by atoms with van der Waals surface area (Å²) in [6.45, 7) is 4.09. The van der Waals surface area contributed by atoms with E-state index >= 15 is 4.39 Å². The Kier molecular flexibility index (Phi) is 6.04. The first-order chi connectivity index (χ1) is 14.1. The minimum Gasteiger partial charge on any atom is -0.387 e. The Morgan fingerprint density at radius 3 is 2.76 bits per heavy atom. The maximum absolute atomic E-state index is 15.8. The van der Waals surface area contributed by atoms with Crippen LogP contribution in [0.5, 0.6) is 0 Å². The van der Waals surface area contributed by atoms with E-state index in [1.165, 1.54) is 11.8 Å². The number of Topliss-reactive ketones (excluding diaryl/α,β-unsaturated/α-hetero) is 1. The van der Waals surface area contributed by atoms with Crippen LogP contribution in [0.3, 0.4) is 0 Å². The minimum atomic E-state index is -2.07. The van der Waals surface area contributed by atoms with Crippen molar-refractivity contribution < 1.29 is 19.0 Å². The highest BCUT2D eigenvalue weighted by Crippen LogP contribution is 2.43. The summed E-state index contributed by atoms with van der Waals surface area (Å²) in [6.07, 6.45) is 1.56. The van der Waals surface area contributed by atoms with Gasteiger partial charge >= 0.3 is 0 Å². The first-order valence-corrected chi connectivity index (χ1v) is 10.3. The van der Waals surface area contributed by atoms with Crippen molar-refractivity contribution in [3.63, 3.8) is 0 Å². The Labute approximate surface area is 170 Å². The van der Waals surface area contributed by atoms with Crippen LogP contribution in [0.1, 0.15) is 47.8 Å². The number of ketones is 1. The second-order valence-electron chi connectivity index (χ2n) is 7.87. The van der Waals surface area contributed by atoms with Gasteiger partial charge in [-0.3, -0.25) is 14.7 Å². The molecule has 4 rings (SSSR count). The molecule has 2 heterocycles. The fourth-order valence-electron chi connectivity index (χ4n) is 4.32. The molecule has 1 saturated heterocycles. The first-order valence-electron chi connectivity index (χ1n) is 10.3. The molecular weight excluding hydrogens is 371 g/mol. The monoisotopic (exact) mass is 398 g/mol. The molecule has 1 aromatic carbocycles. The topological polar surface area (TPSA) is 62.7 Å². The molecule has 5 nitrogen and oxygen atoms in total. The largest absolute Gasteiger partial charge is 0.387 e. The number of morpholine rings is 1. The summed E-state index contributed by atoms with van der Waals surface area (Å²) in [5.41, 5.74) is 0.712. The van der Waals surface area contributed by atoms with Gasteiger partial charge in [0.15, 0.2) is 11.5 Å². The summed E-state index contributed by atoms with van der Waals surface area (Å²) in [6, 6.07) is 11.3. The number of aryl methyl sites for hydroxylation is 1. The predicted molar refractivity (Wildman–Crippen MR) is 107 cm³/mol. The number of carbonyl (C=O) groups excluding carboxylic acids is 1. The quantitative estimate of drug-likeness (QED) is 0.810. The molecule has 0 bridgehead atoms. The predicted octanol–water partition coefficient (Wildman–Crippen LogP) is 3.11. The lowest BCUT2D eigenvalue weighted by atomic mass is 9.77. The lowest BCUT2D eigenvalue weighted by Crippen LogP contribution is -2.37. The Bertz CT molecular complexity index is 869. The maximum Gasteiger partial charge on any atom is 0.195 e. The Balaban J connectivity index is 1.47. The Morgan fingerprint density at radius 2 is 1.97 bits per heavy atom. The molecule has 1 aliphatic carbocycles. The highest BCUT2D eigenvalue weighted by Gasteiger charge is 2.45. The summed E-state index contributed by atoms with van der Waals surface area (Å²) in [7, 11) is 0. The van der Waals surface area contributed by atoms with Crippen molar-refractivity contribution in [2.75, 3.05) is 26.3 Å². The molecule has 0 amide bonds. The molecule has 2 atom stereocenters. The third kappa shape index (κ3) is 4.25. The molecule has 1 aliphatic heterocycles. The number of aromatic nitrogens is 1. The minimum absolute atomic E-state index is 0.00111. The molecular formula is C23H27FN2O3. The van der Waals surface area contributed by atoms with Gasteiger partial charge in [0, 0.05) is 37.8 Å². The van der Waals surface area contributed by atoms with Gasteiger partial charge in [-0.05, 0) is 36.5 Å². The first kappa shape index (κ1) is 20.1. The number of fused-ring (bicyclic) bond motifs is 1. The van der Waals surface area contributed by atoms with E-state index in [1.54, 1.807) is 12.1 Å². The second kappa shape index (κ2) is 8.69. The fraction of sp³-hybridized carbons (Fsp3) is 0.478. The van der Waals surface area contributed by atoms with Crippen molar-refractivity contribution in [2.24, 2.45) is 0 Å². The molecule has 29 heavy (non-hydrogen) atoms. The van der Waals surface area contributed by atoms with Crippen LogP contribution in [0, 0.1) is 0 Å².